The predicted molar refractivity (Wildman–Crippen MR) is 92.1 cm³/mol. The Balaban J connectivity index is 1.79. The average Bonchev–Trinajstić information content (AvgIpc) is 2.55. The van der Waals surface area contributed by atoms with Crippen LogP contribution in [-0.2, 0) is 4.79 Å². The maximum Gasteiger partial charge on any atom is 0.241 e. The van der Waals surface area contributed by atoms with Gasteiger partial charge in [-0.1, -0.05) is 0 Å². The third-order valence-electron chi connectivity index (χ3n) is 3.56. The number of amidine groups is 1. The minimum absolute atomic E-state index is 0.0103. The normalized spacial score (nSPS) is 15.5. The summed E-state index contributed by atoms with van der Waals surface area (Å²) in [6.45, 7) is 2.82. The van der Waals surface area contributed by atoms with Crippen molar-refractivity contribution in [2.45, 2.75) is 0 Å². The predicted octanol–water partition coefficient (Wildman–Crippen LogP) is 1.24. The molecule has 1 saturated heterocycles. The Kier molecular flexibility index (Phi) is 5.97. The first-order valence-electron chi connectivity index (χ1n) is 7.19. The molecule has 0 saturated carbocycles. The van der Waals surface area contributed by atoms with Crippen molar-refractivity contribution in [3.8, 4) is 0 Å². The van der Waals surface area contributed by atoms with Crippen molar-refractivity contribution in [1.82, 2.24) is 10.2 Å². The number of nitrogens with two attached hydrogens (primary N) is 1. The van der Waals surface area contributed by atoms with Gasteiger partial charge in [0.25, 0.3) is 0 Å². The van der Waals surface area contributed by atoms with Gasteiger partial charge in [0, 0.05) is 38.1 Å². The summed E-state index contributed by atoms with van der Waals surface area (Å²) >= 11 is 3.12. The first-order valence-corrected chi connectivity index (χ1v) is 7.98. The number of hydrogen-bond donors (Lipinski definition) is 3. The third kappa shape index (κ3) is 4.95. The Morgan fingerprint density at radius 2 is 1.91 bits per heavy atom. The van der Waals surface area contributed by atoms with Gasteiger partial charge in [0.15, 0.2) is 0 Å². The molecule has 1 amide bonds. The molecule has 8 heteroatoms. The Labute approximate surface area is 142 Å². The highest BCUT2D eigenvalue weighted by molar-refractivity contribution is 9.12. The van der Waals surface area contributed by atoms with Crippen LogP contribution in [0.15, 0.2) is 34.9 Å². The number of hydrogen-bond acceptors (Lipinski definition) is 4. The summed E-state index contributed by atoms with van der Waals surface area (Å²) in [6, 6.07) is 6.38. The van der Waals surface area contributed by atoms with E-state index in [9.17, 15) is 9.18 Å². The molecule has 1 aliphatic rings. The van der Waals surface area contributed by atoms with Gasteiger partial charge in [0.2, 0.25) is 5.91 Å². The lowest BCUT2D eigenvalue weighted by Gasteiger charge is -2.36. The lowest BCUT2D eigenvalue weighted by atomic mass is 10.2. The van der Waals surface area contributed by atoms with E-state index in [-0.39, 0.29) is 24.1 Å². The molecular formula is C15H19BrFN5O. The fourth-order valence-electron chi connectivity index (χ4n) is 2.28. The Morgan fingerprint density at radius 1 is 1.30 bits per heavy atom. The topological polar surface area (TPSA) is 85.4 Å². The molecule has 23 heavy (non-hydrogen) atoms. The molecule has 1 aliphatic heterocycles. The Morgan fingerprint density at radius 3 is 2.48 bits per heavy atom. The number of benzene rings is 1. The van der Waals surface area contributed by atoms with Gasteiger partial charge in [0.05, 0.1) is 11.0 Å². The molecule has 0 bridgehead atoms. The minimum atomic E-state index is -0.251. The van der Waals surface area contributed by atoms with Crippen LogP contribution in [0.1, 0.15) is 0 Å². The Hall–Kier alpha value is -2.09. The summed E-state index contributed by atoms with van der Waals surface area (Å²) in [6.07, 6.45) is 1.50. The quantitative estimate of drug-likeness (QED) is 0.527. The van der Waals surface area contributed by atoms with E-state index in [4.69, 9.17) is 11.1 Å². The van der Waals surface area contributed by atoms with E-state index < -0.39 is 0 Å². The van der Waals surface area contributed by atoms with Crippen LogP contribution >= 0.6 is 15.9 Å². The SMILES string of the molecule is N=C(N)/C(Br)=C\NCC(=O)N1CCN(c2ccc(F)cc2)CC1. The highest BCUT2D eigenvalue weighted by Gasteiger charge is 2.20. The van der Waals surface area contributed by atoms with Crippen molar-refractivity contribution in [2.75, 3.05) is 37.6 Å². The van der Waals surface area contributed by atoms with Crippen molar-refractivity contribution in [1.29, 1.82) is 5.41 Å². The van der Waals surface area contributed by atoms with E-state index in [0.29, 0.717) is 30.7 Å². The molecule has 0 unspecified atom stereocenters. The highest BCUT2D eigenvalue weighted by Crippen LogP contribution is 2.16. The second-order valence-electron chi connectivity index (χ2n) is 5.13. The molecule has 0 spiro atoms. The molecule has 0 aromatic heterocycles. The van der Waals surface area contributed by atoms with Crippen LogP contribution in [0.4, 0.5) is 10.1 Å². The summed E-state index contributed by atoms with van der Waals surface area (Å²) in [5, 5.41) is 10.0. The summed E-state index contributed by atoms with van der Waals surface area (Å²) in [5.74, 6) is -0.361. The van der Waals surface area contributed by atoms with Crippen LogP contribution in [0.25, 0.3) is 0 Å². The van der Waals surface area contributed by atoms with Crippen molar-refractivity contribution in [2.24, 2.45) is 5.73 Å². The largest absolute Gasteiger partial charge is 0.383 e. The minimum Gasteiger partial charge on any atom is -0.383 e. The number of halogens is 2. The summed E-state index contributed by atoms with van der Waals surface area (Å²) in [7, 11) is 0. The van der Waals surface area contributed by atoms with Gasteiger partial charge in [-0.15, -0.1) is 0 Å². The standard InChI is InChI=1S/C15H19BrFN5O/c16-13(15(18)19)9-20-10-14(23)22-7-5-21(6-8-22)12-3-1-11(17)2-4-12/h1-4,9,20H,5-8,10H2,(H3,18,19)/b13-9+. The molecule has 1 aromatic rings. The van der Waals surface area contributed by atoms with Crippen LogP contribution in [-0.4, -0.2) is 49.4 Å². The first-order chi connectivity index (χ1) is 11.0. The summed E-state index contributed by atoms with van der Waals surface area (Å²) in [5.41, 5.74) is 6.24. The van der Waals surface area contributed by atoms with Gasteiger partial charge in [-0.2, -0.15) is 0 Å². The zero-order valence-electron chi connectivity index (χ0n) is 12.6. The van der Waals surface area contributed by atoms with Crippen LogP contribution in [0.2, 0.25) is 0 Å². The van der Waals surface area contributed by atoms with Crippen LogP contribution in [0, 0.1) is 11.2 Å². The van der Waals surface area contributed by atoms with E-state index in [2.05, 4.69) is 26.1 Å². The van der Waals surface area contributed by atoms with Crippen LogP contribution < -0.4 is 16.0 Å². The van der Waals surface area contributed by atoms with Gasteiger partial charge in [-0.05, 0) is 40.2 Å². The van der Waals surface area contributed by atoms with Crippen molar-refractivity contribution < 1.29 is 9.18 Å². The number of anilines is 1. The number of amides is 1. The molecule has 124 valence electrons. The molecule has 0 radical (unpaired) electrons. The van der Waals surface area contributed by atoms with E-state index in [1.807, 2.05) is 0 Å². The number of nitrogens with zero attached hydrogens (tertiary/aromatic N) is 2. The second-order valence-corrected chi connectivity index (χ2v) is 5.99. The average molecular weight is 384 g/mol. The summed E-state index contributed by atoms with van der Waals surface area (Å²) in [4.78, 5) is 16.0. The number of carbonyl (C=O) groups excluding carboxylic acids is 1. The van der Waals surface area contributed by atoms with E-state index in [0.717, 1.165) is 5.69 Å². The number of carbonyl (C=O) groups is 1. The fraction of sp³-hybridized carbons (Fsp3) is 0.333. The number of piperazine rings is 1. The lowest BCUT2D eigenvalue weighted by molar-refractivity contribution is -0.130. The smallest absolute Gasteiger partial charge is 0.241 e. The van der Waals surface area contributed by atoms with Gasteiger partial charge >= 0.3 is 0 Å². The van der Waals surface area contributed by atoms with Crippen LogP contribution in [0.5, 0.6) is 0 Å². The molecule has 0 aliphatic carbocycles. The number of nitrogens with one attached hydrogen (secondary N) is 2. The molecule has 1 fully saturated rings. The lowest BCUT2D eigenvalue weighted by Crippen LogP contribution is -2.50. The third-order valence-corrected chi connectivity index (χ3v) is 4.22. The zero-order valence-corrected chi connectivity index (χ0v) is 14.1. The molecule has 0 atom stereocenters. The molecule has 6 nitrogen and oxygen atoms in total. The van der Waals surface area contributed by atoms with Gasteiger partial charge < -0.3 is 20.9 Å². The van der Waals surface area contributed by atoms with Crippen molar-refractivity contribution in [3.63, 3.8) is 0 Å². The van der Waals surface area contributed by atoms with Gasteiger partial charge in [-0.3, -0.25) is 10.2 Å². The van der Waals surface area contributed by atoms with Crippen LogP contribution in [0.3, 0.4) is 0 Å². The number of rotatable bonds is 5. The molecule has 1 aromatic carbocycles. The maximum absolute atomic E-state index is 12.9. The van der Waals surface area contributed by atoms with E-state index >= 15 is 0 Å². The van der Waals surface area contributed by atoms with E-state index in [1.165, 1.54) is 18.3 Å². The highest BCUT2D eigenvalue weighted by atomic mass is 79.9. The van der Waals surface area contributed by atoms with Crippen molar-refractivity contribution >= 4 is 33.4 Å². The second kappa shape index (κ2) is 7.96. The summed E-state index contributed by atoms with van der Waals surface area (Å²) < 4.78 is 13.3. The first kappa shape index (κ1) is 17.3. The molecule has 2 rings (SSSR count). The van der Waals surface area contributed by atoms with Crippen molar-refractivity contribution in [3.05, 3.63) is 40.8 Å². The molecular weight excluding hydrogens is 365 g/mol. The fourth-order valence-corrected chi connectivity index (χ4v) is 2.45. The van der Waals surface area contributed by atoms with E-state index in [1.54, 1.807) is 17.0 Å². The Bertz CT molecular complexity index is 596. The monoisotopic (exact) mass is 383 g/mol. The zero-order chi connectivity index (χ0) is 16.8. The van der Waals surface area contributed by atoms with Gasteiger partial charge in [-0.25, -0.2) is 4.39 Å². The van der Waals surface area contributed by atoms with Gasteiger partial charge in [0.1, 0.15) is 11.7 Å². The maximum atomic E-state index is 12.9. The molecule has 1 heterocycles. The molecule has 4 N–H and O–H groups in total.